The van der Waals surface area contributed by atoms with E-state index in [9.17, 15) is 9.59 Å². The van der Waals surface area contributed by atoms with Gasteiger partial charge in [-0.3, -0.25) is 9.59 Å². The fourth-order valence-corrected chi connectivity index (χ4v) is 3.36. The van der Waals surface area contributed by atoms with E-state index in [2.05, 4.69) is 4.98 Å². The summed E-state index contributed by atoms with van der Waals surface area (Å²) in [7, 11) is 0. The van der Waals surface area contributed by atoms with Gasteiger partial charge in [-0.2, -0.15) is 5.26 Å². The number of aromatic nitrogens is 1. The number of rotatable bonds is 4. The van der Waals surface area contributed by atoms with Crippen LogP contribution in [0.15, 0.2) is 42.6 Å². The summed E-state index contributed by atoms with van der Waals surface area (Å²) in [4.78, 5) is 30.1. The number of ketones is 1. The second-order valence-electron chi connectivity index (χ2n) is 6.41. The lowest BCUT2D eigenvalue weighted by Crippen LogP contribution is -2.41. The Kier molecular flexibility index (Phi) is 5.30. The first-order valence-corrected chi connectivity index (χ1v) is 8.67. The van der Waals surface area contributed by atoms with E-state index in [1.807, 2.05) is 41.3 Å². The van der Waals surface area contributed by atoms with Gasteiger partial charge < -0.3 is 9.88 Å². The van der Waals surface area contributed by atoms with Crippen molar-refractivity contribution in [2.45, 2.75) is 38.1 Å². The van der Waals surface area contributed by atoms with Crippen molar-refractivity contribution in [2.75, 3.05) is 6.54 Å². The number of amides is 1. The highest BCUT2D eigenvalue weighted by Crippen LogP contribution is 2.23. The van der Waals surface area contributed by atoms with Crippen LogP contribution in [0.5, 0.6) is 0 Å². The van der Waals surface area contributed by atoms with Crippen molar-refractivity contribution in [1.82, 2.24) is 9.88 Å². The molecule has 1 N–H and O–H groups in total. The molecule has 0 spiro atoms. The highest BCUT2D eigenvalue weighted by atomic mass is 16.2. The molecule has 0 unspecified atom stereocenters. The van der Waals surface area contributed by atoms with E-state index in [1.54, 1.807) is 12.3 Å². The molecule has 1 aliphatic rings. The Labute approximate surface area is 147 Å². The van der Waals surface area contributed by atoms with E-state index in [0.29, 0.717) is 29.8 Å². The van der Waals surface area contributed by atoms with Gasteiger partial charge in [-0.1, -0.05) is 43.2 Å². The summed E-state index contributed by atoms with van der Waals surface area (Å²) in [6.07, 6.45) is 5.77. The number of benzene rings is 1. The molecule has 1 saturated heterocycles. The Balaban J connectivity index is 1.78. The Bertz CT molecular complexity index is 789. The molecule has 1 fully saturated rings. The molecule has 1 amide bonds. The van der Waals surface area contributed by atoms with Crippen LogP contribution in [0.2, 0.25) is 0 Å². The number of likely N-dealkylation sites (tertiary alicyclic amines) is 1. The third-order valence-electron chi connectivity index (χ3n) is 4.71. The van der Waals surface area contributed by atoms with Gasteiger partial charge in [-0.05, 0) is 18.9 Å². The first-order chi connectivity index (χ1) is 12.2. The van der Waals surface area contributed by atoms with Crippen LogP contribution in [0.1, 0.15) is 58.5 Å². The molecule has 2 aromatic rings. The van der Waals surface area contributed by atoms with Crippen LogP contribution in [0.4, 0.5) is 0 Å². The molecule has 0 saturated carbocycles. The van der Waals surface area contributed by atoms with E-state index in [0.717, 1.165) is 25.7 Å². The van der Waals surface area contributed by atoms with Crippen LogP contribution in [-0.2, 0) is 0 Å². The van der Waals surface area contributed by atoms with Crippen molar-refractivity contribution in [2.24, 2.45) is 0 Å². The summed E-state index contributed by atoms with van der Waals surface area (Å²) >= 11 is 0. The molecule has 1 aromatic heterocycles. The van der Waals surface area contributed by atoms with Crippen molar-refractivity contribution in [3.63, 3.8) is 0 Å². The number of Topliss-reactive ketones (excluding diaryl/α,β-unsaturated/α-hetero) is 1. The average molecular weight is 335 g/mol. The molecule has 0 aliphatic carbocycles. The number of hydrogen-bond acceptors (Lipinski definition) is 3. The maximum atomic E-state index is 12.9. The van der Waals surface area contributed by atoms with E-state index in [1.165, 1.54) is 0 Å². The summed E-state index contributed by atoms with van der Waals surface area (Å²) in [6.45, 7) is 0.651. The summed E-state index contributed by atoms with van der Waals surface area (Å²) in [5.41, 5.74) is 1.54. The number of nitrogens with zero attached hydrogens (tertiary/aromatic N) is 2. The second kappa shape index (κ2) is 7.80. The summed E-state index contributed by atoms with van der Waals surface area (Å²) in [6, 6.07) is 12.7. The maximum absolute atomic E-state index is 12.9. The zero-order valence-corrected chi connectivity index (χ0v) is 14.1. The number of nitriles is 1. The summed E-state index contributed by atoms with van der Waals surface area (Å²) in [5, 5.41) is 8.93. The largest absolute Gasteiger partial charge is 0.352 e. The molecular weight excluding hydrogens is 314 g/mol. The summed E-state index contributed by atoms with van der Waals surface area (Å²) < 4.78 is 0. The molecule has 5 nitrogen and oxygen atoms in total. The lowest BCUT2D eigenvalue weighted by Gasteiger charge is -2.29. The highest BCUT2D eigenvalue weighted by molar-refractivity contribution is 5.98. The second-order valence-corrected chi connectivity index (χ2v) is 6.41. The quantitative estimate of drug-likeness (QED) is 0.868. The lowest BCUT2D eigenvalue weighted by atomic mass is 9.99. The van der Waals surface area contributed by atoms with Crippen molar-refractivity contribution in [3.05, 3.63) is 59.4 Å². The molecule has 0 radical (unpaired) electrons. The van der Waals surface area contributed by atoms with Gasteiger partial charge in [-0.15, -0.1) is 0 Å². The average Bonchev–Trinajstić information content (AvgIpc) is 3.02. The Morgan fingerprint density at radius 3 is 2.68 bits per heavy atom. The molecule has 25 heavy (non-hydrogen) atoms. The van der Waals surface area contributed by atoms with Crippen LogP contribution in [0.3, 0.4) is 0 Å². The topological polar surface area (TPSA) is 77.0 Å². The number of H-pyrrole nitrogens is 1. The smallest absolute Gasteiger partial charge is 0.255 e. The highest BCUT2D eigenvalue weighted by Gasteiger charge is 2.28. The molecule has 1 aliphatic heterocycles. The van der Waals surface area contributed by atoms with Crippen molar-refractivity contribution in [1.29, 1.82) is 5.26 Å². The van der Waals surface area contributed by atoms with Crippen LogP contribution in [0.25, 0.3) is 0 Å². The van der Waals surface area contributed by atoms with Crippen LogP contribution in [-0.4, -0.2) is 34.2 Å². The molecule has 3 rings (SSSR count). The van der Waals surface area contributed by atoms with Gasteiger partial charge in [0, 0.05) is 30.8 Å². The third kappa shape index (κ3) is 3.97. The maximum Gasteiger partial charge on any atom is 0.255 e. The minimum atomic E-state index is -0.106. The van der Waals surface area contributed by atoms with Gasteiger partial charge in [-0.25, -0.2) is 0 Å². The van der Waals surface area contributed by atoms with Crippen molar-refractivity contribution in [3.8, 4) is 6.07 Å². The van der Waals surface area contributed by atoms with E-state index < -0.39 is 0 Å². The minimum Gasteiger partial charge on any atom is -0.352 e. The van der Waals surface area contributed by atoms with E-state index in [-0.39, 0.29) is 17.7 Å². The van der Waals surface area contributed by atoms with Crippen LogP contribution in [0, 0.1) is 11.3 Å². The van der Waals surface area contributed by atoms with Gasteiger partial charge in [0.15, 0.2) is 5.78 Å². The standard InChI is InChI=1S/C20H21N3O2/c21-13-17-11-16(14-22-17)20(25)23-10-6-2-5-9-18(23)12-19(24)15-7-3-1-4-8-15/h1,3-4,7-8,11,14,18,22H,2,5-6,9-10,12H2/t18-/m0/s1. The van der Waals surface area contributed by atoms with Gasteiger partial charge in [0.05, 0.1) is 5.56 Å². The van der Waals surface area contributed by atoms with Crippen molar-refractivity contribution < 1.29 is 9.59 Å². The summed E-state index contributed by atoms with van der Waals surface area (Å²) in [5.74, 6) is -0.0393. The molecule has 2 heterocycles. The Morgan fingerprint density at radius 1 is 1.16 bits per heavy atom. The molecular formula is C20H21N3O2. The lowest BCUT2D eigenvalue weighted by molar-refractivity contribution is 0.0659. The normalized spacial score (nSPS) is 17.6. The SMILES string of the molecule is N#Cc1cc(C(=O)N2CCCCC[C@H]2CC(=O)c2ccccc2)c[nH]1. The zero-order chi connectivity index (χ0) is 17.6. The van der Waals surface area contributed by atoms with Crippen LogP contribution < -0.4 is 0 Å². The Hall–Kier alpha value is -2.87. The first kappa shape index (κ1) is 17.0. The molecule has 1 atom stereocenters. The molecule has 128 valence electrons. The van der Waals surface area contributed by atoms with Gasteiger partial charge >= 0.3 is 0 Å². The number of nitrogens with one attached hydrogen (secondary N) is 1. The van der Waals surface area contributed by atoms with Gasteiger partial charge in [0.25, 0.3) is 5.91 Å². The third-order valence-corrected chi connectivity index (χ3v) is 4.71. The van der Waals surface area contributed by atoms with E-state index in [4.69, 9.17) is 5.26 Å². The monoisotopic (exact) mass is 335 g/mol. The molecule has 0 bridgehead atoms. The molecule has 5 heteroatoms. The number of aromatic amines is 1. The minimum absolute atomic E-state index is 0.0667. The fraction of sp³-hybridized carbons (Fsp3) is 0.350. The van der Waals surface area contributed by atoms with Gasteiger partial charge in [0.2, 0.25) is 0 Å². The number of hydrogen-bond donors (Lipinski definition) is 1. The van der Waals surface area contributed by atoms with Gasteiger partial charge in [0.1, 0.15) is 11.8 Å². The number of carbonyl (C=O) groups is 2. The van der Waals surface area contributed by atoms with Crippen molar-refractivity contribution >= 4 is 11.7 Å². The predicted molar refractivity (Wildman–Crippen MR) is 94.2 cm³/mol. The predicted octanol–water partition coefficient (Wildman–Crippen LogP) is 3.54. The van der Waals surface area contributed by atoms with E-state index >= 15 is 0 Å². The Morgan fingerprint density at radius 2 is 1.96 bits per heavy atom. The zero-order valence-electron chi connectivity index (χ0n) is 14.1. The molecule has 1 aromatic carbocycles. The van der Waals surface area contributed by atoms with Crippen LogP contribution >= 0.6 is 0 Å². The first-order valence-electron chi connectivity index (χ1n) is 8.67. The fourth-order valence-electron chi connectivity index (χ4n) is 3.36. The number of carbonyl (C=O) groups excluding carboxylic acids is 2.